The molecule has 0 spiro atoms. The maximum absolute atomic E-state index is 13.0. The fourth-order valence-corrected chi connectivity index (χ4v) is 5.20. The lowest BCUT2D eigenvalue weighted by Crippen LogP contribution is -2.57. The number of nitrogens with two attached hydrogens (primary N) is 2. The Morgan fingerprint density at radius 3 is 2.12 bits per heavy atom. The Labute approximate surface area is 302 Å². The van der Waals surface area contributed by atoms with E-state index in [0.717, 1.165) is 43.3 Å². The van der Waals surface area contributed by atoms with Gasteiger partial charge in [-0.25, -0.2) is 4.98 Å². The van der Waals surface area contributed by atoms with Gasteiger partial charge in [-0.1, -0.05) is 45.7 Å². The predicted molar refractivity (Wildman–Crippen MR) is 196 cm³/mol. The number of fused-ring (bicyclic) bond motifs is 1. The summed E-state index contributed by atoms with van der Waals surface area (Å²) in [6.07, 6.45) is 5.61. The molecule has 1 aromatic carbocycles. The molecule has 1 aromatic heterocycles. The summed E-state index contributed by atoms with van der Waals surface area (Å²) in [6.45, 7) is 10.3. The van der Waals surface area contributed by atoms with Crippen molar-refractivity contribution in [3.05, 3.63) is 24.3 Å². The minimum Gasteiger partial charge on any atom is -0.379 e. The second kappa shape index (κ2) is 25.0. The zero-order chi connectivity index (χ0) is 36.6. The molecule has 3 amide bonds. The molecule has 50 heavy (non-hydrogen) atoms. The quantitative estimate of drug-likeness (QED) is 0.0643. The first-order valence-electron chi connectivity index (χ1n) is 17.7. The number of aromatic nitrogens is 2. The van der Waals surface area contributed by atoms with Crippen LogP contribution in [0.15, 0.2) is 24.3 Å². The van der Waals surface area contributed by atoms with E-state index in [1.807, 2.05) is 49.6 Å². The number of unbranched alkanes of at least 4 members (excludes halogenated alkanes) is 3. The van der Waals surface area contributed by atoms with E-state index in [2.05, 4.69) is 20.9 Å². The number of alkyl halides is 1. The summed E-state index contributed by atoms with van der Waals surface area (Å²) in [6, 6.07) is 6.12. The zero-order valence-corrected chi connectivity index (χ0v) is 30.9. The van der Waals surface area contributed by atoms with E-state index in [4.69, 9.17) is 42.0 Å². The Balaban J connectivity index is 1.50. The molecule has 0 unspecified atom stereocenters. The molecule has 0 saturated carbocycles. The normalized spacial score (nSPS) is 12.9. The molecular weight excluding hydrogens is 666 g/mol. The molecule has 14 nitrogen and oxygen atoms in total. The summed E-state index contributed by atoms with van der Waals surface area (Å²) >= 11 is 5.66. The van der Waals surface area contributed by atoms with Crippen LogP contribution in [0.3, 0.4) is 0 Å². The number of nitrogen functional groups attached to an aromatic ring is 1. The van der Waals surface area contributed by atoms with Gasteiger partial charge in [-0.05, 0) is 43.2 Å². The largest absolute Gasteiger partial charge is 0.379 e. The van der Waals surface area contributed by atoms with Crippen molar-refractivity contribution in [3.63, 3.8) is 0 Å². The number of anilines is 1. The first-order valence-corrected chi connectivity index (χ1v) is 18.3. The van der Waals surface area contributed by atoms with E-state index < -0.39 is 17.5 Å². The molecular formula is C35H60ClN7O7. The maximum atomic E-state index is 13.0. The van der Waals surface area contributed by atoms with Crippen LogP contribution in [0.4, 0.5) is 5.95 Å². The Kier molecular flexibility index (Phi) is 21.6. The fourth-order valence-electron chi connectivity index (χ4n) is 5.01. The van der Waals surface area contributed by atoms with Crippen molar-refractivity contribution < 1.29 is 33.3 Å². The number of rotatable bonds is 28. The molecule has 2 rings (SSSR count). The number of benzene rings is 1. The number of nitrogens with zero attached hydrogens (tertiary/aromatic N) is 2. The van der Waals surface area contributed by atoms with Crippen LogP contribution in [0.25, 0.3) is 11.0 Å². The zero-order valence-electron chi connectivity index (χ0n) is 30.2. The molecule has 2 aromatic rings. The number of ether oxygens (including phenoxy) is 4. The fraction of sp³-hybridized carbons (Fsp3) is 0.714. The highest BCUT2D eigenvalue weighted by Gasteiger charge is 2.33. The molecule has 0 aliphatic rings. The summed E-state index contributed by atoms with van der Waals surface area (Å²) in [5, 5.41) is 8.45. The number of amides is 3. The molecule has 0 bridgehead atoms. The molecule has 0 radical (unpaired) electrons. The van der Waals surface area contributed by atoms with E-state index in [1.165, 1.54) is 0 Å². The van der Waals surface area contributed by atoms with Gasteiger partial charge in [0, 0.05) is 38.5 Å². The topological polar surface area (TPSA) is 194 Å². The van der Waals surface area contributed by atoms with Crippen LogP contribution in [0.5, 0.6) is 0 Å². The highest BCUT2D eigenvalue weighted by molar-refractivity contribution is 6.17. The molecule has 0 saturated heterocycles. The first-order chi connectivity index (χ1) is 24.0. The second-order valence-electron chi connectivity index (χ2n) is 13.1. The summed E-state index contributed by atoms with van der Waals surface area (Å²) < 4.78 is 23.9. The first kappa shape index (κ1) is 43.2. The van der Waals surface area contributed by atoms with Gasteiger partial charge in [0.25, 0.3) is 0 Å². The minimum atomic E-state index is -0.783. The van der Waals surface area contributed by atoms with Crippen LogP contribution in [-0.2, 0) is 39.9 Å². The Hall–Kier alpha value is -3.01. The van der Waals surface area contributed by atoms with Crippen LogP contribution >= 0.6 is 11.6 Å². The van der Waals surface area contributed by atoms with E-state index in [9.17, 15) is 14.4 Å². The number of aryl methyl sites for hydroxylation is 1. The molecule has 284 valence electrons. The summed E-state index contributed by atoms with van der Waals surface area (Å²) in [4.78, 5) is 42.2. The van der Waals surface area contributed by atoms with E-state index in [-0.39, 0.29) is 43.9 Å². The van der Waals surface area contributed by atoms with Gasteiger partial charge in [0.05, 0.1) is 63.3 Å². The van der Waals surface area contributed by atoms with Gasteiger partial charge in [0.2, 0.25) is 23.7 Å². The van der Waals surface area contributed by atoms with Gasteiger partial charge in [0.15, 0.2) is 0 Å². The smallest absolute Gasteiger partial charge is 0.243 e. The van der Waals surface area contributed by atoms with Crippen molar-refractivity contribution in [2.75, 3.05) is 77.6 Å². The van der Waals surface area contributed by atoms with Crippen molar-refractivity contribution in [1.82, 2.24) is 25.5 Å². The SMILES string of the molecule is CC(C)(C)[C@H](NC(=O)[C@@H](N)CCCn1c(N)nc2ccccc21)C(=O)NCCOCCOCCC(=O)NCCOCCOCCCCCCCl. The average molecular weight is 726 g/mol. The number of carbonyl (C=O) groups excluding carboxylic acids is 3. The van der Waals surface area contributed by atoms with Crippen molar-refractivity contribution in [2.45, 2.75) is 84.3 Å². The number of para-hydroxylation sites is 2. The summed E-state index contributed by atoms with van der Waals surface area (Å²) in [7, 11) is 0. The van der Waals surface area contributed by atoms with Gasteiger partial charge in [0.1, 0.15) is 6.04 Å². The average Bonchev–Trinajstić information content (AvgIpc) is 3.40. The molecule has 7 N–H and O–H groups in total. The summed E-state index contributed by atoms with van der Waals surface area (Å²) in [5.74, 6) is 0.316. The molecule has 0 aliphatic carbocycles. The molecule has 15 heteroatoms. The van der Waals surface area contributed by atoms with Gasteiger partial charge in [-0.15, -0.1) is 11.6 Å². The number of carbonyl (C=O) groups is 3. The minimum absolute atomic E-state index is 0.111. The molecule has 1 heterocycles. The Bertz CT molecular complexity index is 1260. The van der Waals surface area contributed by atoms with Crippen molar-refractivity contribution in [2.24, 2.45) is 11.1 Å². The van der Waals surface area contributed by atoms with E-state index >= 15 is 0 Å². The molecule has 2 atom stereocenters. The van der Waals surface area contributed by atoms with Crippen molar-refractivity contribution in [3.8, 4) is 0 Å². The van der Waals surface area contributed by atoms with Crippen LogP contribution in [0.2, 0.25) is 0 Å². The Morgan fingerprint density at radius 2 is 1.44 bits per heavy atom. The Morgan fingerprint density at radius 1 is 0.820 bits per heavy atom. The number of halogens is 1. The van der Waals surface area contributed by atoms with E-state index in [0.29, 0.717) is 70.8 Å². The third-order valence-electron chi connectivity index (χ3n) is 7.84. The van der Waals surface area contributed by atoms with Crippen LogP contribution < -0.4 is 27.4 Å². The van der Waals surface area contributed by atoms with E-state index in [1.54, 1.807) is 0 Å². The van der Waals surface area contributed by atoms with Crippen molar-refractivity contribution in [1.29, 1.82) is 0 Å². The van der Waals surface area contributed by atoms with Crippen molar-refractivity contribution >= 4 is 46.3 Å². The highest BCUT2D eigenvalue weighted by Crippen LogP contribution is 2.20. The molecule has 0 fully saturated rings. The monoisotopic (exact) mass is 725 g/mol. The van der Waals surface area contributed by atoms with Crippen LogP contribution in [-0.4, -0.2) is 111 Å². The standard InChI is InChI=1S/C35H60ClN7O7/c1-35(2,3)31(42-32(45)27(37)11-10-18-43-29-13-7-6-12-28(29)41-34(43)38)33(46)40-17-22-50-26-24-48-20-14-30(44)39-16-21-49-25-23-47-19-9-5-4-8-15-36/h6-7,12-13,27,31H,4-5,8-11,14-26,37H2,1-3H3,(H2,38,41)(H,39,44)(H,40,46)(H,42,45)/t27-,31+/m0/s1. The van der Waals surface area contributed by atoms with Crippen LogP contribution in [0, 0.1) is 5.41 Å². The highest BCUT2D eigenvalue weighted by atomic mass is 35.5. The number of imidazole rings is 1. The number of hydrogen-bond donors (Lipinski definition) is 5. The van der Waals surface area contributed by atoms with Crippen LogP contribution in [0.1, 0.15) is 65.7 Å². The van der Waals surface area contributed by atoms with Gasteiger partial charge < -0.3 is 50.9 Å². The summed E-state index contributed by atoms with van der Waals surface area (Å²) in [5.41, 5.74) is 13.5. The van der Waals surface area contributed by atoms with Gasteiger partial charge in [-0.3, -0.25) is 14.4 Å². The third kappa shape index (κ3) is 17.8. The van der Waals surface area contributed by atoms with Gasteiger partial charge >= 0.3 is 0 Å². The maximum Gasteiger partial charge on any atom is 0.243 e. The second-order valence-corrected chi connectivity index (χ2v) is 13.5. The lowest BCUT2D eigenvalue weighted by atomic mass is 9.85. The number of hydrogen-bond acceptors (Lipinski definition) is 10. The third-order valence-corrected chi connectivity index (χ3v) is 8.10. The predicted octanol–water partition coefficient (Wildman–Crippen LogP) is 2.75. The lowest BCUT2D eigenvalue weighted by molar-refractivity contribution is -0.132. The number of nitrogens with one attached hydrogen (secondary N) is 3. The van der Waals surface area contributed by atoms with Gasteiger partial charge in [-0.2, -0.15) is 0 Å². The molecule has 0 aliphatic heterocycles. The lowest BCUT2D eigenvalue weighted by Gasteiger charge is -2.31.